The van der Waals surface area contributed by atoms with E-state index in [4.69, 9.17) is 0 Å². The lowest BCUT2D eigenvalue weighted by Gasteiger charge is -2.08. The molecular formula is C14H21FN2O. The van der Waals surface area contributed by atoms with Gasteiger partial charge in [0.15, 0.2) is 0 Å². The predicted octanol–water partition coefficient (Wildman–Crippen LogP) is 2.06. The van der Waals surface area contributed by atoms with E-state index in [1.54, 1.807) is 13.8 Å². The third-order valence-electron chi connectivity index (χ3n) is 2.73. The van der Waals surface area contributed by atoms with Gasteiger partial charge in [-0.05, 0) is 37.5 Å². The molecule has 18 heavy (non-hydrogen) atoms. The fourth-order valence-corrected chi connectivity index (χ4v) is 1.86. The van der Waals surface area contributed by atoms with E-state index in [0.29, 0.717) is 37.2 Å². The van der Waals surface area contributed by atoms with Crippen LogP contribution in [0, 0.1) is 19.7 Å². The molecule has 4 heteroatoms. The summed E-state index contributed by atoms with van der Waals surface area (Å²) in [4.78, 5) is 11.2. The highest BCUT2D eigenvalue weighted by Gasteiger charge is 2.04. The fourth-order valence-electron chi connectivity index (χ4n) is 1.86. The molecule has 1 aromatic rings. The van der Waals surface area contributed by atoms with Crippen molar-refractivity contribution in [2.75, 3.05) is 13.1 Å². The number of benzene rings is 1. The summed E-state index contributed by atoms with van der Waals surface area (Å²) in [6.07, 6.45) is 0.465. The van der Waals surface area contributed by atoms with Crippen molar-refractivity contribution >= 4 is 5.91 Å². The number of halogens is 1. The monoisotopic (exact) mass is 252 g/mol. The second kappa shape index (κ2) is 7.11. The molecule has 1 rings (SSSR count). The lowest BCUT2D eigenvalue weighted by Crippen LogP contribution is -2.27. The minimum atomic E-state index is -0.138. The molecule has 1 aromatic carbocycles. The van der Waals surface area contributed by atoms with Crippen molar-refractivity contribution in [3.63, 3.8) is 0 Å². The normalized spacial score (nSPS) is 10.4. The Hall–Kier alpha value is -1.42. The van der Waals surface area contributed by atoms with Gasteiger partial charge in [0.05, 0.1) is 0 Å². The van der Waals surface area contributed by atoms with Gasteiger partial charge < -0.3 is 10.6 Å². The summed E-state index contributed by atoms with van der Waals surface area (Å²) in [6, 6.07) is 3.67. The van der Waals surface area contributed by atoms with E-state index in [9.17, 15) is 9.18 Å². The predicted molar refractivity (Wildman–Crippen MR) is 70.9 cm³/mol. The van der Waals surface area contributed by atoms with Crippen LogP contribution in [0.2, 0.25) is 0 Å². The molecule has 1 amide bonds. The van der Waals surface area contributed by atoms with Crippen molar-refractivity contribution < 1.29 is 9.18 Å². The molecule has 100 valence electrons. The molecule has 3 nitrogen and oxygen atoms in total. The number of hydrogen-bond donors (Lipinski definition) is 2. The summed E-state index contributed by atoms with van der Waals surface area (Å²) < 4.78 is 13.4. The number of carbonyl (C=O) groups is 1. The Morgan fingerprint density at radius 2 is 1.89 bits per heavy atom. The highest BCUT2D eigenvalue weighted by Crippen LogP contribution is 2.14. The van der Waals surface area contributed by atoms with Crippen LogP contribution in [-0.2, 0) is 11.3 Å². The third-order valence-corrected chi connectivity index (χ3v) is 2.73. The zero-order valence-corrected chi connectivity index (χ0v) is 11.3. The second-order valence-electron chi connectivity index (χ2n) is 4.42. The SMILES string of the molecule is CCNC(=O)CCNCc1cc(C)c(F)c(C)c1. The number of amides is 1. The van der Waals surface area contributed by atoms with E-state index in [1.807, 2.05) is 19.1 Å². The molecule has 0 bridgehead atoms. The van der Waals surface area contributed by atoms with Crippen LogP contribution in [0.3, 0.4) is 0 Å². The van der Waals surface area contributed by atoms with E-state index >= 15 is 0 Å². The van der Waals surface area contributed by atoms with Gasteiger partial charge in [0.25, 0.3) is 0 Å². The van der Waals surface area contributed by atoms with Crippen molar-refractivity contribution in [2.45, 2.75) is 33.7 Å². The first-order valence-corrected chi connectivity index (χ1v) is 6.27. The molecule has 0 atom stereocenters. The van der Waals surface area contributed by atoms with Gasteiger partial charge in [-0.2, -0.15) is 0 Å². The van der Waals surface area contributed by atoms with Crippen LogP contribution in [0.1, 0.15) is 30.0 Å². The van der Waals surface area contributed by atoms with E-state index in [2.05, 4.69) is 10.6 Å². The summed E-state index contributed by atoms with van der Waals surface area (Å²) in [5.41, 5.74) is 2.37. The summed E-state index contributed by atoms with van der Waals surface area (Å²) >= 11 is 0. The summed E-state index contributed by atoms with van der Waals surface area (Å²) in [7, 11) is 0. The van der Waals surface area contributed by atoms with Crippen LogP contribution < -0.4 is 10.6 Å². The molecule has 0 aliphatic heterocycles. The molecular weight excluding hydrogens is 231 g/mol. The smallest absolute Gasteiger partial charge is 0.221 e. The maximum Gasteiger partial charge on any atom is 0.221 e. The summed E-state index contributed by atoms with van der Waals surface area (Å²) in [5, 5.41) is 5.92. The standard InChI is InChI=1S/C14H21FN2O/c1-4-17-13(18)5-6-16-9-12-7-10(2)14(15)11(3)8-12/h7-8,16H,4-6,9H2,1-3H3,(H,17,18). The van der Waals surface area contributed by atoms with Gasteiger partial charge in [0.1, 0.15) is 5.82 Å². The Bertz CT molecular complexity index is 395. The van der Waals surface area contributed by atoms with Gasteiger partial charge >= 0.3 is 0 Å². The number of nitrogens with one attached hydrogen (secondary N) is 2. The topological polar surface area (TPSA) is 41.1 Å². The molecule has 0 heterocycles. The Morgan fingerprint density at radius 3 is 2.44 bits per heavy atom. The zero-order valence-electron chi connectivity index (χ0n) is 11.3. The molecule has 0 saturated carbocycles. The van der Waals surface area contributed by atoms with E-state index in [0.717, 1.165) is 5.56 Å². The van der Waals surface area contributed by atoms with Crippen molar-refractivity contribution in [1.29, 1.82) is 0 Å². The molecule has 0 radical (unpaired) electrons. The van der Waals surface area contributed by atoms with Gasteiger partial charge in [0, 0.05) is 26.1 Å². The maximum atomic E-state index is 13.4. The Labute approximate surface area is 108 Å². The largest absolute Gasteiger partial charge is 0.356 e. The number of rotatable bonds is 6. The summed E-state index contributed by atoms with van der Waals surface area (Å²) in [5.74, 6) is -0.0856. The van der Waals surface area contributed by atoms with E-state index in [1.165, 1.54) is 0 Å². The minimum Gasteiger partial charge on any atom is -0.356 e. The summed E-state index contributed by atoms with van der Waals surface area (Å²) in [6.45, 7) is 7.37. The molecule has 0 saturated heterocycles. The van der Waals surface area contributed by atoms with Gasteiger partial charge in [-0.15, -0.1) is 0 Å². The molecule has 0 aliphatic rings. The Kier molecular flexibility index (Phi) is 5.78. The molecule has 0 spiro atoms. The Morgan fingerprint density at radius 1 is 1.28 bits per heavy atom. The van der Waals surface area contributed by atoms with Crippen molar-refractivity contribution in [3.05, 3.63) is 34.6 Å². The number of hydrogen-bond acceptors (Lipinski definition) is 2. The first kappa shape index (κ1) is 14.6. The molecule has 2 N–H and O–H groups in total. The first-order valence-electron chi connectivity index (χ1n) is 6.27. The van der Waals surface area contributed by atoms with Gasteiger partial charge in [-0.1, -0.05) is 12.1 Å². The van der Waals surface area contributed by atoms with Crippen LogP contribution in [-0.4, -0.2) is 19.0 Å². The van der Waals surface area contributed by atoms with Crippen LogP contribution in [0.15, 0.2) is 12.1 Å². The van der Waals surface area contributed by atoms with Crippen molar-refractivity contribution in [1.82, 2.24) is 10.6 Å². The molecule has 0 aromatic heterocycles. The van der Waals surface area contributed by atoms with Gasteiger partial charge in [-0.3, -0.25) is 4.79 Å². The minimum absolute atomic E-state index is 0.0523. The van der Waals surface area contributed by atoms with E-state index < -0.39 is 0 Å². The fraction of sp³-hybridized carbons (Fsp3) is 0.500. The van der Waals surface area contributed by atoms with E-state index in [-0.39, 0.29) is 11.7 Å². The molecule has 0 aliphatic carbocycles. The highest BCUT2D eigenvalue weighted by molar-refractivity contribution is 5.75. The number of carbonyl (C=O) groups excluding carboxylic acids is 1. The van der Waals surface area contributed by atoms with Gasteiger partial charge in [0.2, 0.25) is 5.91 Å². The van der Waals surface area contributed by atoms with Crippen LogP contribution in [0.25, 0.3) is 0 Å². The average Bonchev–Trinajstić information content (AvgIpc) is 2.32. The quantitative estimate of drug-likeness (QED) is 0.761. The lowest BCUT2D eigenvalue weighted by atomic mass is 10.1. The number of aryl methyl sites for hydroxylation is 2. The van der Waals surface area contributed by atoms with Crippen LogP contribution >= 0.6 is 0 Å². The lowest BCUT2D eigenvalue weighted by molar-refractivity contribution is -0.120. The third kappa shape index (κ3) is 4.45. The van der Waals surface area contributed by atoms with Crippen molar-refractivity contribution in [2.24, 2.45) is 0 Å². The average molecular weight is 252 g/mol. The first-order chi connectivity index (χ1) is 8.54. The van der Waals surface area contributed by atoms with Crippen molar-refractivity contribution in [3.8, 4) is 0 Å². The zero-order chi connectivity index (χ0) is 13.5. The maximum absolute atomic E-state index is 13.4. The molecule has 0 unspecified atom stereocenters. The van der Waals surface area contributed by atoms with Crippen LogP contribution in [0.4, 0.5) is 4.39 Å². The second-order valence-corrected chi connectivity index (χ2v) is 4.42. The Balaban J connectivity index is 2.38. The van der Waals surface area contributed by atoms with Gasteiger partial charge in [-0.25, -0.2) is 4.39 Å². The van der Waals surface area contributed by atoms with Crippen LogP contribution in [0.5, 0.6) is 0 Å². The molecule has 0 fully saturated rings. The highest BCUT2D eigenvalue weighted by atomic mass is 19.1.